The zero-order valence-corrected chi connectivity index (χ0v) is 11.8. The Kier molecular flexibility index (Phi) is 5.10. The molecule has 0 saturated carbocycles. The van der Waals surface area contributed by atoms with Gasteiger partial charge in [-0.2, -0.15) is 0 Å². The molecule has 19 heavy (non-hydrogen) atoms. The fraction of sp³-hybridized carbons (Fsp3) is 0.467. The van der Waals surface area contributed by atoms with Gasteiger partial charge in [0.25, 0.3) is 0 Å². The second-order valence-corrected chi connectivity index (χ2v) is 4.71. The van der Waals surface area contributed by atoms with Gasteiger partial charge < -0.3 is 5.32 Å². The number of nitrogens with one attached hydrogen (secondary N) is 1. The predicted molar refractivity (Wildman–Crippen MR) is 77.4 cm³/mol. The quantitative estimate of drug-likeness (QED) is 0.776. The van der Waals surface area contributed by atoms with E-state index in [-0.39, 0.29) is 0 Å². The minimum absolute atomic E-state index is 0.782. The molecule has 0 atom stereocenters. The Labute approximate surface area is 114 Å². The number of hydrogen-bond donors (Lipinski definition) is 1. The van der Waals surface area contributed by atoms with Crippen LogP contribution in [0.25, 0.3) is 5.69 Å². The van der Waals surface area contributed by atoms with Crippen molar-refractivity contribution in [3.05, 3.63) is 41.7 Å². The molecule has 1 N–H and O–H groups in total. The molecule has 0 aliphatic carbocycles. The van der Waals surface area contributed by atoms with E-state index in [9.17, 15) is 0 Å². The zero-order chi connectivity index (χ0) is 13.5. The summed E-state index contributed by atoms with van der Waals surface area (Å²) in [5.41, 5.74) is 3.45. The lowest BCUT2D eigenvalue weighted by Gasteiger charge is -2.07. The smallest absolute Gasteiger partial charge is 0.0969 e. The fourth-order valence-corrected chi connectivity index (χ4v) is 2.11. The monoisotopic (exact) mass is 258 g/mol. The van der Waals surface area contributed by atoms with Crippen LogP contribution in [0.4, 0.5) is 0 Å². The lowest BCUT2D eigenvalue weighted by molar-refractivity contribution is 0.662. The number of benzene rings is 1. The summed E-state index contributed by atoms with van der Waals surface area (Å²) in [6, 6.07) is 8.39. The molecule has 0 saturated heterocycles. The zero-order valence-electron chi connectivity index (χ0n) is 11.8. The summed E-state index contributed by atoms with van der Waals surface area (Å²) in [4.78, 5) is 0. The highest BCUT2D eigenvalue weighted by Crippen LogP contribution is 2.15. The first-order valence-corrected chi connectivity index (χ1v) is 7.05. The highest BCUT2D eigenvalue weighted by atomic mass is 15.4. The van der Waals surface area contributed by atoms with Crippen LogP contribution in [0.3, 0.4) is 0 Å². The van der Waals surface area contributed by atoms with Crippen molar-refractivity contribution in [2.24, 2.45) is 0 Å². The lowest BCUT2D eigenvalue weighted by Crippen LogP contribution is -2.13. The van der Waals surface area contributed by atoms with Crippen molar-refractivity contribution in [3.63, 3.8) is 0 Å². The maximum Gasteiger partial charge on any atom is 0.0969 e. The van der Waals surface area contributed by atoms with Gasteiger partial charge in [-0.25, -0.2) is 4.68 Å². The molecule has 0 aliphatic rings. The van der Waals surface area contributed by atoms with Crippen molar-refractivity contribution in [3.8, 4) is 5.69 Å². The molecule has 0 fully saturated rings. The number of rotatable bonds is 7. The van der Waals surface area contributed by atoms with Crippen LogP contribution in [0.5, 0.6) is 0 Å². The third-order valence-corrected chi connectivity index (χ3v) is 3.03. The number of hydrogen-bond acceptors (Lipinski definition) is 3. The van der Waals surface area contributed by atoms with E-state index in [1.165, 1.54) is 5.56 Å². The van der Waals surface area contributed by atoms with Crippen molar-refractivity contribution < 1.29 is 0 Å². The van der Waals surface area contributed by atoms with Crippen LogP contribution in [-0.4, -0.2) is 21.5 Å². The third kappa shape index (κ3) is 3.64. The Hall–Kier alpha value is -1.68. The molecule has 0 radical (unpaired) electrons. The van der Waals surface area contributed by atoms with Crippen LogP contribution in [0.2, 0.25) is 0 Å². The molecular formula is C15H22N4. The van der Waals surface area contributed by atoms with E-state index in [2.05, 4.69) is 47.7 Å². The first-order valence-electron chi connectivity index (χ1n) is 7.05. The average Bonchev–Trinajstić information content (AvgIpc) is 2.89. The van der Waals surface area contributed by atoms with Crippen molar-refractivity contribution >= 4 is 0 Å². The summed E-state index contributed by atoms with van der Waals surface area (Å²) in [5, 5.41) is 11.8. The molecule has 2 aromatic rings. The molecule has 1 aromatic heterocycles. The minimum Gasteiger partial charge on any atom is -0.311 e. The van der Waals surface area contributed by atoms with Crippen LogP contribution in [0.15, 0.2) is 30.5 Å². The second-order valence-electron chi connectivity index (χ2n) is 4.71. The van der Waals surface area contributed by atoms with Crippen LogP contribution in [0.1, 0.15) is 37.9 Å². The molecule has 0 spiro atoms. The van der Waals surface area contributed by atoms with Crippen molar-refractivity contribution in [1.29, 1.82) is 0 Å². The molecule has 0 aliphatic heterocycles. The van der Waals surface area contributed by atoms with Gasteiger partial charge in [0.1, 0.15) is 0 Å². The molecule has 1 aromatic carbocycles. The Bertz CT molecular complexity index is 504. The summed E-state index contributed by atoms with van der Waals surface area (Å²) < 4.78 is 1.88. The molecule has 102 valence electrons. The SMILES string of the molecule is CCCNCc1cn(-c2ccccc2CCC)nn1. The highest BCUT2D eigenvalue weighted by molar-refractivity contribution is 5.40. The van der Waals surface area contributed by atoms with E-state index in [1.54, 1.807) is 0 Å². The van der Waals surface area contributed by atoms with Crippen LogP contribution < -0.4 is 5.32 Å². The Morgan fingerprint density at radius 1 is 1.16 bits per heavy atom. The van der Waals surface area contributed by atoms with Gasteiger partial charge in [-0.15, -0.1) is 5.10 Å². The maximum absolute atomic E-state index is 4.23. The molecular weight excluding hydrogens is 236 g/mol. The van der Waals surface area contributed by atoms with Gasteiger partial charge in [-0.3, -0.25) is 0 Å². The molecule has 4 nitrogen and oxygen atoms in total. The summed E-state index contributed by atoms with van der Waals surface area (Å²) in [5.74, 6) is 0. The highest BCUT2D eigenvalue weighted by Gasteiger charge is 2.06. The predicted octanol–water partition coefficient (Wildman–Crippen LogP) is 2.72. The van der Waals surface area contributed by atoms with Crippen molar-refractivity contribution in [1.82, 2.24) is 20.3 Å². The van der Waals surface area contributed by atoms with Gasteiger partial charge in [-0.1, -0.05) is 43.7 Å². The lowest BCUT2D eigenvalue weighted by atomic mass is 10.1. The molecule has 0 amide bonds. The summed E-state index contributed by atoms with van der Waals surface area (Å²) in [6.45, 7) is 6.14. The van der Waals surface area contributed by atoms with Crippen LogP contribution in [-0.2, 0) is 13.0 Å². The molecule has 2 rings (SSSR count). The van der Waals surface area contributed by atoms with Crippen LogP contribution in [0, 0.1) is 0 Å². The summed E-state index contributed by atoms with van der Waals surface area (Å²) in [7, 11) is 0. The van der Waals surface area contributed by atoms with E-state index in [0.717, 1.165) is 43.7 Å². The molecule has 4 heteroatoms. The van der Waals surface area contributed by atoms with E-state index in [4.69, 9.17) is 0 Å². The second kappa shape index (κ2) is 7.04. The molecule has 0 bridgehead atoms. The summed E-state index contributed by atoms with van der Waals surface area (Å²) in [6.07, 6.45) is 5.35. The average molecular weight is 258 g/mol. The summed E-state index contributed by atoms with van der Waals surface area (Å²) >= 11 is 0. The van der Waals surface area contributed by atoms with Gasteiger partial charge in [0.15, 0.2) is 0 Å². The topological polar surface area (TPSA) is 42.7 Å². The van der Waals surface area contributed by atoms with E-state index >= 15 is 0 Å². The van der Waals surface area contributed by atoms with Gasteiger partial charge >= 0.3 is 0 Å². The standard InChI is InChI=1S/C15H22N4/c1-3-7-13-8-5-6-9-15(13)19-12-14(17-18-19)11-16-10-4-2/h5-6,8-9,12,16H,3-4,7,10-11H2,1-2H3. The third-order valence-electron chi connectivity index (χ3n) is 3.03. The Balaban J connectivity index is 2.13. The van der Waals surface area contributed by atoms with E-state index < -0.39 is 0 Å². The first-order chi connectivity index (χ1) is 9.35. The number of aryl methyl sites for hydroxylation is 1. The first kappa shape index (κ1) is 13.7. The Morgan fingerprint density at radius 3 is 2.79 bits per heavy atom. The normalized spacial score (nSPS) is 10.8. The van der Waals surface area contributed by atoms with Gasteiger partial charge in [0, 0.05) is 6.54 Å². The van der Waals surface area contributed by atoms with Gasteiger partial charge in [0.2, 0.25) is 0 Å². The number of aromatic nitrogens is 3. The van der Waals surface area contributed by atoms with E-state index in [1.807, 2.05) is 16.9 Å². The maximum atomic E-state index is 4.23. The van der Waals surface area contributed by atoms with Gasteiger partial charge in [-0.05, 0) is 31.0 Å². The largest absolute Gasteiger partial charge is 0.311 e. The minimum atomic E-state index is 0.782. The molecule has 0 unspecified atom stereocenters. The fourth-order valence-electron chi connectivity index (χ4n) is 2.11. The number of nitrogens with zero attached hydrogens (tertiary/aromatic N) is 3. The van der Waals surface area contributed by atoms with Crippen LogP contribution >= 0.6 is 0 Å². The van der Waals surface area contributed by atoms with E-state index in [0.29, 0.717) is 0 Å². The number of para-hydroxylation sites is 1. The Morgan fingerprint density at radius 2 is 2.00 bits per heavy atom. The van der Waals surface area contributed by atoms with Crippen molar-refractivity contribution in [2.45, 2.75) is 39.7 Å². The van der Waals surface area contributed by atoms with Gasteiger partial charge in [0.05, 0.1) is 17.6 Å². The molecule has 1 heterocycles. The van der Waals surface area contributed by atoms with Crippen molar-refractivity contribution in [2.75, 3.05) is 6.54 Å².